The summed E-state index contributed by atoms with van der Waals surface area (Å²) in [4.78, 5) is 43.5. The maximum Gasteiger partial charge on any atom is 0.407 e. The smallest absolute Gasteiger partial charge is 0.407 e. The molecule has 1 heterocycles. The van der Waals surface area contributed by atoms with Crippen LogP contribution in [0.15, 0.2) is 24.3 Å². The maximum absolute atomic E-state index is 14.0. The Morgan fingerprint density at radius 2 is 1.36 bits per heavy atom. The third-order valence-electron chi connectivity index (χ3n) is 9.71. The summed E-state index contributed by atoms with van der Waals surface area (Å²) in [6, 6.07) is 7.55. The van der Waals surface area contributed by atoms with E-state index in [-0.39, 0.29) is 19.0 Å². The van der Waals surface area contributed by atoms with Crippen molar-refractivity contribution in [1.29, 1.82) is 0 Å². The largest absolute Gasteiger partial charge is 0.444 e. The van der Waals surface area contributed by atoms with Gasteiger partial charge in [0.2, 0.25) is 8.32 Å². The number of benzene rings is 1. The number of aromatic amines is 1. The van der Waals surface area contributed by atoms with Crippen LogP contribution in [0.4, 0.5) is 9.59 Å². The molecule has 2 aromatic rings. The maximum atomic E-state index is 14.0. The van der Waals surface area contributed by atoms with Crippen molar-refractivity contribution < 1.29 is 28.3 Å². The van der Waals surface area contributed by atoms with E-state index in [0.29, 0.717) is 34.7 Å². The molecule has 1 fully saturated rings. The average molecular weight is 715 g/mol. The van der Waals surface area contributed by atoms with E-state index in [9.17, 15) is 14.4 Å². The van der Waals surface area contributed by atoms with Crippen LogP contribution in [-0.2, 0) is 13.9 Å². The number of rotatable bonds is 14. The van der Waals surface area contributed by atoms with Crippen molar-refractivity contribution in [2.24, 2.45) is 0 Å². The third kappa shape index (κ3) is 11.5. The van der Waals surface area contributed by atoms with Gasteiger partial charge in [0.1, 0.15) is 16.9 Å². The summed E-state index contributed by atoms with van der Waals surface area (Å²) >= 11 is 0. The number of hydrogen-bond donors (Lipinski definition) is 4. The first-order valence-corrected chi connectivity index (χ1v) is 20.9. The van der Waals surface area contributed by atoms with Crippen molar-refractivity contribution in [3.05, 3.63) is 35.5 Å². The zero-order valence-corrected chi connectivity index (χ0v) is 33.9. The first-order chi connectivity index (χ1) is 23.2. The Bertz CT molecular complexity index is 1400. The number of carbonyl (C=O) groups excluding carboxylic acids is 3. The third-order valence-corrected chi connectivity index (χ3v) is 15.9. The fourth-order valence-electron chi connectivity index (χ4n) is 7.83. The highest BCUT2D eigenvalue weighted by atomic mass is 28.4. The zero-order chi connectivity index (χ0) is 37.4. The lowest BCUT2D eigenvalue weighted by atomic mass is 9.82. The van der Waals surface area contributed by atoms with Gasteiger partial charge in [-0.05, 0) is 95.0 Å². The summed E-state index contributed by atoms with van der Waals surface area (Å²) in [5.74, 6) is 0.103. The van der Waals surface area contributed by atoms with Crippen LogP contribution in [0.5, 0.6) is 0 Å². The molecular weight excluding hydrogens is 649 g/mol. The molecule has 0 spiro atoms. The van der Waals surface area contributed by atoms with Crippen molar-refractivity contribution in [3.63, 3.8) is 0 Å². The Morgan fingerprint density at radius 3 is 1.92 bits per heavy atom. The molecule has 0 bridgehead atoms. The van der Waals surface area contributed by atoms with E-state index in [1.165, 1.54) is 6.42 Å². The summed E-state index contributed by atoms with van der Waals surface area (Å²) in [6.45, 7) is 24.5. The molecule has 4 N–H and O–H groups in total. The molecule has 0 saturated heterocycles. The lowest BCUT2D eigenvalue weighted by molar-refractivity contribution is 0.0442. The molecule has 0 aliphatic heterocycles. The zero-order valence-electron chi connectivity index (χ0n) is 32.9. The first kappa shape index (κ1) is 41.4. The number of aromatic nitrogens is 1. The number of nitrogens with one attached hydrogen (secondary N) is 4. The van der Waals surface area contributed by atoms with E-state index < -0.39 is 43.9 Å². The quantitative estimate of drug-likeness (QED) is 0.144. The van der Waals surface area contributed by atoms with Crippen LogP contribution in [0, 0.1) is 0 Å². The molecule has 1 aromatic heterocycles. The van der Waals surface area contributed by atoms with Gasteiger partial charge in [-0.2, -0.15) is 0 Å². The molecule has 1 aliphatic carbocycles. The molecule has 11 heteroatoms. The molecule has 0 radical (unpaired) electrons. The van der Waals surface area contributed by atoms with E-state index in [1.54, 1.807) is 0 Å². The van der Waals surface area contributed by atoms with Gasteiger partial charge >= 0.3 is 12.2 Å². The van der Waals surface area contributed by atoms with E-state index in [0.717, 1.165) is 42.1 Å². The van der Waals surface area contributed by atoms with Crippen LogP contribution in [0.3, 0.4) is 0 Å². The Kier molecular flexibility index (Phi) is 14.4. The van der Waals surface area contributed by atoms with Gasteiger partial charge in [0, 0.05) is 24.0 Å². The lowest BCUT2D eigenvalue weighted by Gasteiger charge is -2.45. The number of carbonyl (C=O) groups is 3. The van der Waals surface area contributed by atoms with Crippen molar-refractivity contribution in [1.82, 2.24) is 20.9 Å². The average Bonchev–Trinajstić information content (AvgIpc) is 3.39. The second-order valence-electron chi connectivity index (χ2n) is 17.0. The number of amides is 3. The first-order valence-electron chi connectivity index (χ1n) is 18.8. The number of alkyl carbamates (subject to hydrolysis) is 2. The predicted octanol–water partition coefficient (Wildman–Crippen LogP) is 9.31. The van der Waals surface area contributed by atoms with Crippen LogP contribution >= 0.6 is 0 Å². The molecular formula is C39H66N4O6Si. The van der Waals surface area contributed by atoms with Gasteiger partial charge in [0.15, 0.2) is 0 Å². The minimum atomic E-state index is -2.43. The Hall–Kier alpha value is -3.05. The Balaban J connectivity index is 1.94. The van der Waals surface area contributed by atoms with Crippen LogP contribution in [0.25, 0.3) is 10.9 Å². The normalized spacial score (nSPS) is 16.1. The van der Waals surface area contributed by atoms with E-state index in [1.807, 2.05) is 59.7 Å². The highest BCUT2D eigenvalue weighted by Crippen LogP contribution is 2.43. The molecule has 1 aromatic carbocycles. The summed E-state index contributed by atoms with van der Waals surface area (Å²) in [5.41, 5.74) is 2.13. The van der Waals surface area contributed by atoms with Gasteiger partial charge in [-0.1, -0.05) is 79.0 Å². The van der Waals surface area contributed by atoms with Gasteiger partial charge in [-0.25, -0.2) is 9.59 Å². The SMILES string of the molecule is CC(C)[Si](OC(CNC(=O)OC(C)(C)C)C[C@@H](CNC(=O)c1[nH]c2ccccc2c1C1CCCCC1)NC(=O)OC(C)(C)C)(C(C)C)C(C)C. The summed E-state index contributed by atoms with van der Waals surface area (Å²) < 4.78 is 18.4. The predicted molar refractivity (Wildman–Crippen MR) is 204 cm³/mol. The monoisotopic (exact) mass is 714 g/mol. The van der Waals surface area contributed by atoms with Gasteiger partial charge in [0.25, 0.3) is 5.91 Å². The molecule has 2 atom stereocenters. The molecule has 282 valence electrons. The summed E-state index contributed by atoms with van der Waals surface area (Å²) in [5, 5.41) is 10.2. The minimum Gasteiger partial charge on any atom is -0.444 e. The van der Waals surface area contributed by atoms with Crippen LogP contribution < -0.4 is 16.0 Å². The molecule has 10 nitrogen and oxygen atoms in total. The topological polar surface area (TPSA) is 131 Å². The van der Waals surface area contributed by atoms with Crippen LogP contribution in [-0.4, -0.2) is 67.8 Å². The summed E-state index contributed by atoms with van der Waals surface area (Å²) in [7, 11) is -2.43. The van der Waals surface area contributed by atoms with Crippen molar-refractivity contribution >= 4 is 37.3 Å². The van der Waals surface area contributed by atoms with Crippen molar-refractivity contribution in [2.75, 3.05) is 13.1 Å². The van der Waals surface area contributed by atoms with Crippen LogP contribution in [0.2, 0.25) is 16.6 Å². The molecule has 3 amide bonds. The van der Waals surface area contributed by atoms with E-state index in [4.69, 9.17) is 13.9 Å². The Morgan fingerprint density at radius 1 is 0.800 bits per heavy atom. The number of para-hydroxylation sites is 1. The molecule has 1 unspecified atom stereocenters. The number of hydrogen-bond acceptors (Lipinski definition) is 6. The van der Waals surface area contributed by atoms with Crippen LogP contribution in [0.1, 0.15) is 144 Å². The minimum absolute atomic E-state index is 0.142. The van der Waals surface area contributed by atoms with Gasteiger partial charge in [0.05, 0.1) is 12.1 Å². The van der Waals surface area contributed by atoms with E-state index >= 15 is 0 Å². The second-order valence-corrected chi connectivity index (χ2v) is 22.4. The Labute approximate surface area is 302 Å². The lowest BCUT2D eigenvalue weighted by Crippen LogP contribution is -2.55. The highest BCUT2D eigenvalue weighted by molar-refractivity contribution is 6.77. The van der Waals surface area contributed by atoms with Crippen molar-refractivity contribution in [2.45, 2.75) is 167 Å². The molecule has 1 saturated carbocycles. The number of H-pyrrole nitrogens is 1. The van der Waals surface area contributed by atoms with Gasteiger partial charge in [-0.3, -0.25) is 4.79 Å². The fourth-order valence-corrected chi connectivity index (χ4v) is 13.4. The molecule has 1 aliphatic rings. The standard InChI is InChI=1S/C39H66N4O6Si/c1-25(2)50(26(3)4,27(5)6)49-30(24-41-36(45)47-38(7,8)9)22-29(42-37(46)48-39(10,11)12)23-40-35(44)34-33(28-18-14-13-15-19-28)31-20-16-17-21-32(31)43-34/h16-17,20-21,25-30,43H,13-15,18-19,22-24H2,1-12H3,(H,40,44)(H,41,45)(H,42,46)/t29-,30?/m0/s1. The van der Waals surface area contributed by atoms with Gasteiger partial charge in [-0.15, -0.1) is 0 Å². The van der Waals surface area contributed by atoms with Gasteiger partial charge < -0.3 is 34.8 Å². The molecule has 3 rings (SSSR count). The number of fused-ring (bicyclic) bond motifs is 1. The molecule has 50 heavy (non-hydrogen) atoms. The highest BCUT2D eigenvalue weighted by Gasteiger charge is 2.47. The van der Waals surface area contributed by atoms with Crippen molar-refractivity contribution in [3.8, 4) is 0 Å². The fraction of sp³-hybridized carbons (Fsp3) is 0.718. The van der Waals surface area contributed by atoms with E-state index in [2.05, 4.69) is 68.5 Å². The number of ether oxygens (including phenoxy) is 2. The summed E-state index contributed by atoms with van der Waals surface area (Å²) in [6.07, 6.45) is 4.39. The second kappa shape index (κ2) is 17.4.